The highest BCUT2D eigenvalue weighted by molar-refractivity contribution is 5.96. The predicted octanol–water partition coefficient (Wildman–Crippen LogP) is 4.15. The highest BCUT2D eigenvalue weighted by Crippen LogP contribution is 2.22. The zero-order valence-corrected chi connectivity index (χ0v) is 15.5. The van der Waals surface area contributed by atoms with Crippen LogP contribution in [0.4, 0.5) is 23.1 Å². The Morgan fingerprint density at radius 3 is 2.70 bits per heavy atom. The van der Waals surface area contributed by atoms with Gasteiger partial charge in [0, 0.05) is 5.69 Å². The number of nitrogens with zero attached hydrogens (tertiary/aromatic N) is 3. The van der Waals surface area contributed by atoms with Gasteiger partial charge in [0.15, 0.2) is 5.82 Å². The van der Waals surface area contributed by atoms with E-state index in [1.54, 1.807) is 25.1 Å². The van der Waals surface area contributed by atoms with Gasteiger partial charge in [-0.05, 0) is 50.1 Å². The topological polar surface area (TPSA) is 89.0 Å². The molecule has 0 radical (unpaired) electrons. The molecule has 2 aromatic carbocycles. The quantitative estimate of drug-likeness (QED) is 0.636. The molecule has 138 valence electrons. The summed E-state index contributed by atoms with van der Waals surface area (Å²) < 4.78 is 5.09. The van der Waals surface area contributed by atoms with E-state index in [0.717, 1.165) is 16.8 Å². The number of ether oxygens (including phenoxy) is 1. The highest BCUT2D eigenvalue weighted by Gasteiger charge is 2.13. The van der Waals surface area contributed by atoms with Crippen molar-refractivity contribution >= 4 is 29.1 Å². The van der Waals surface area contributed by atoms with Crippen molar-refractivity contribution in [2.24, 2.45) is 0 Å². The van der Waals surface area contributed by atoms with Crippen molar-refractivity contribution in [1.82, 2.24) is 15.2 Å². The minimum atomic E-state index is -0.392. The fraction of sp³-hybridized carbons (Fsp3) is 0.200. The van der Waals surface area contributed by atoms with E-state index in [1.807, 2.05) is 38.1 Å². The molecule has 0 saturated carbocycles. The lowest BCUT2D eigenvalue weighted by Crippen LogP contribution is -2.09. The number of aryl methyl sites for hydroxylation is 2. The summed E-state index contributed by atoms with van der Waals surface area (Å²) in [6.07, 6.45) is 1.50. The van der Waals surface area contributed by atoms with Gasteiger partial charge >= 0.3 is 5.97 Å². The molecule has 3 aromatic rings. The van der Waals surface area contributed by atoms with Crippen LogP contribution in [0.1, 0.15) is 28.4 Å². The molecule has 0 spiro atoms. The third-order valence-corrected chi connectivity index (χ3v) is 3.88. The van der Waals surface area contributed by atoms with E-state index >= 15 is 0 Å². The first-order valence-corrected chi connectivity index (χ1v) is 8.64. The molecule has 0 bridgehead atoms. The lowest BCUT2D eigenvalue weighted by Gasteiger charge is -2.12. The van der Waals surface area contributed by atoms with Gasteiger partial charge in [-0.1, -0.05) is 24.3 Å². The standard InChI is InChI=1S/C20H21N5O2/c1-4-27-19(26)15-7-5-6-8-16(15)22-18-12-21-25-20(24-18)23-17-11-13(2)9-10-14(17)3/h5-12H,4H2,1-3H3,(H2,22,23,24,25). The first-order valence-electron chi connectivity index (χ1n) is 8.64. The Bertz CT molecular complexity index is 959. The second-order valence-corrected chi connectivity index (χ2v) is 6.00. The minimum Gasteiger partial charge on any atom is -0.462 e. The van der Waals surface area contributed by atoms with Crippen molar-refractivity contribution in [3.05, 3.63) is 65.4 Å². The van der Waals surface area contributed by atoms with Gasteiger partial charge in [-0.15, -0.1) is 5.10 Å². The predicted molar refractivity (Wildman–Crippen MR) is 105 cm³/mol. The Morgan fingerprint density at radius 2 is 1.89 bits per heavy atom. The SMILES string of the molecule is CCOC(=O)c1ccccc1Nc1cnnc(Nc2cc(C)ccc2C)n1. The fourth-order valence-electron chi connectivity index (χ4n) is 2.52. The molecule has 27 heavy (non-hydrogen) atoms. The zero-order valence-electron chi connectivity index (χ0n) is 15.5. The lowest BCUT2D eigenvalue weighted by atomic mass is 10.1. The maximum Gasteiger partial charge on any atom is 0.340 e. The summed E-state index contributed by atoms with van der Waals surface area (Å²) in [6, 6.07) is 13.2. The number of carbonyl (C=O) groups excluding carboxylic acids is 1. The van der Waals surface area contributed by atoms with E-state index in [2.05, 4.69) is 25.8 Å². The van der Waals surface area contributed by atoms with Crippen LogP contribution in [0.15, 0.2) is 48.7 Å². The van der Waals surface area contributed by atoms with Crippen LogP contribution in [0.3, 0.4) is 0 Å². The van der Waals surface area contributed by atoms with Gasteiger partial charge in [-0.25, -0.2) is 4.79 Å². The molecule has 0 aliphatic rings. The van der Waals surface area contributed by atoms with E-state index in [0.29, 0.717) is 29.6 Å². The summed E-state index contributed by atoms with van der Waals surface area (Å²) in [5, 5.41) is 14.3. The summed E-state index contributed by atoms with van der Waals surface area (Å²) >= 11 is 0. The van der Waals surface area contributed by atoms with E-state index < -0.39 is 5.97 Å². The number of nitrogens with one attached hydrogen (secondary N) is 2. The van der Waals surface area contributed by atoms with Crippen LogP contribution in [0.5, 0.6) is 0 Å². The molecule has 0 amide bonds. The van der Waals surface area contributed by atoms with Gasteiger partial charge < -0.3 is 15.4 Å². The third-order valence-electron chi connectivity index (χ3n) is 3.88. The van der Waals surface area contributed by atoms with Gasteiger partial charge in [0.25, 0.3) is 0 Å². The molecule has 0 aliphatic carbocycles. The Morgan fingerprint density at radius 1 is 1.07 bits per heavy atom. The molecular formula is C20H21N5O2. The largest absolute Gasteiger partial charge is 0.462 e. The van der Waals surface area contributed by atoms with Crippen LogP contribution in [-0.4, -0.2) is 27.8 Å². The Labute approximate surface area is 157 Å². The van der Waals surface area contributed by atoms with Crippen molar-refractivity contribution in [3.8, 4) is 0 Å². The molecule has 0 saturated heterocycles. The van der Waals surface area contributed by atoms with Crippen LogP contribution < -0.4 is 10.6 Å². The molecule has 3 rings (SSSR count). The van der Waals surface area contributed by atoms with Crippen LogP contribution in [0.2, 0.25) is 0 Å². The summed E-state index contributed by atoms with van der Waals surface area (Å²) in [7, 11) is 0. The summed E-state index contributed by atoms with van der Waals surface area (Å²) in [5.74, 6) is 0.438. The van der Waals surface area contributed by atoms with E-state index in [4.69, 9.17) is 4.74 Å². The zero-order chi connectivity index (χ0) is 19.2. The van der Waals surface area contributed by atoms with Crippen molar-refractivity contribution in [2.45, 2.75) is 20.8 Å². The second-order valence-electron chi connectivity index (χ2n) is 6.00. The molecule has 0 atom stereocenters. The number of hydrogen-bond donors (Lipinski definition) is 2. The van der Waals surface area contributed by atoms with Gasteiger partial charge in [-0.2, -0.15) is 10.1 Å². The second kappa shape index (κ2) is 8.27. The number of para-hydroxylation sites is 1. The number of aromatic nitrogens is 3. The Balaban J connectivity index is 1.83. The molecule has 0 fully saturated rings. The Hall–Kier alpha value is -3.48. The summed E-state index contributed by atoms with van der Waals surface area (Å²) in [4.78, 5) is 16.5. The monoisotopic (exact) mass is 363 g/mol. The molecular weight excluding hydrogens is 342 g/mol. The highest BCUT2D eigenvalue weighted by atomic mass is 16.5. The third kappa shape index (κ3) is 4.58. The number of esters is 1. The van der Waals surface area contributed by atoms with Gasteiger partial charge in [-0.3, -0.25) is 0 Å². The smallest absolute Gasteiger partial charge is 0.340 e. The van der Waals surface area contributed by atoms with Crippen LogP contribution >= 0.6 is 0 Å². The van der Waals surface area contributed by atoms with E-state index in [1.165, 1.54) is 6.20 Å². The molecule has 7 nitrogen and oxygen atoms in total. The maximum absolute atomic E-state index is 12.1. The molecule has 0 unspecified atom stereocenters. The normalized spacial score (nSPS) is 10.3. The minimum absolute atomic E-state index is 0.312. The lowest BCUT2D eigenvalue weighted by molar-refractivity contribution is 0.0527. The Kier molecular flexibility index (Phi) is 5.61. The molecule has 7 heteroatoms. The van der Waals surface area contributed by atoms with E-state index in [-0.39, 0.29) is 0 Å². The summed E-state index contributed by atoms with van der Waals surface area (Å²) in [6.45, 7) is 6.11. The van der Waals surface area contributed by atoms with Crippen LogP contribution in [-0.2, 0) is 4.74 Å². The molecule has 2 N–H and O–H groups in total. The number of hydrogen-bond acceptors (Lipinski definition) is 7. The van der Waals surface area contributed by atoms with Crippen molar-refractivity contribution in [1.29, 1.82) is 0 Å². The van der Waals surface area contributed by atoms with E-state index in [9.17, 15) is 4.79 Å². The van der Waals surface area contributed by atoms with Crippen molar-refractivity contribution in [2.75, 3.05) is 17.2 Å². The van der Waals surface area contributed by atoms with Crippen LogP contribution in [0.25, 0.3) is 0 Å². The number of rotatable bonds is 6. The fourth-order valence-corrected chi connectivity index (χ4v) is 2.52. The number of carbonyl (C=O) groups is 1. The van der Waals surface area contributed by atoms with Crippen LogP contribution in [0, 0.1) is 13.8 Å². The van der Waals surface area contributed by atoms with Gasteiger partial charge in [0.2, 0.25) is 5.95 Å². The molecule has 1 heterocycles. The molecule has 0 aliphatic heterocycles. The average molecular weight is 363 g/mol. The molecule has 1 aromatic heterocycles. The van der Waals surface area contributed by atoms with Gasteiger partial charge in [0.1, 0.15) is 0 Å². The number of anilines is 4. The number of benzene rings is 2. The first kappa shape index (κ1) is 18.3. The summed E-state index contributed by atoms with van der Waals surface area (Å²) in [5.41, 5.74) is 4.15. The average Bonchev–Trinajstić information content (AvgIpc) is 2.66. The first-order chi connectivity index (χ1) is 13.1. The maximum atomic E-state index is 12.1. The van der Waals surface area contributed by atoms with Crippen molar-refractivity contribution < 1.29 is 9.53 Å². The van der Waals surface area contributed by atoms with Gasteiger partial charge in [0.05, 0.1) is 24.1 Å². The van der Waals surface area contributed by atoms with Crippen molar-refractivity contribution in [3.63, 3.8) is 0 Å².